The Morgan fingerprint density at radius 2 is 1.81 bits per heavy atom. The normalized spacial score (nSPS) is 10.6. The van der Waals surface area contributed by atoms with Crippen LogP contribution in [0, 0.1) is 6.92 Å². The van der Waals surface area contributed by atoms with Gasteiger partial charge in [0.25, 0.3) is 5.91 Å². The summed E-state index contributed by atoms with van der Waals surface area (Å²) in [4.78, 5) is 16.4. The van der Waals surface area contributed by atoms with E-state index in [2.05, 4.69) is 26.2 Å². The van der Waals surface area contributed by atoms with Gasteiger partial charge in [-0.25, -0.2) is 0 Å². The molecule has 0 aliphatic heterocycles. The number of pyridine rings is 1. The molecule has 3 nitrogen and oxygen atoms in total. The second kappa shape index (κ2) is 5.66. The highest BCUT2D eigenvalue weighted by atomic mass is 79.9. The second-order valence-corrected chi connectivity index (χ2v) is 5.83. The minimum absolute atomic E-state index is 0.132. The average Bonchev–Trinajstić information content (AvgIpc) is 2.46. The maximum atomic E-state index is 12.3. The maximum absolute atomic E-state index is 12.3. The first-order chi connectivity index (χ1) is 10.1. The van der Waals surface area contributed by atoms with Crippen molar-refractivity contribution in [2.45, 2.75) is 6.92 Å². The monoisotopic (exact) mass is 340 g/mol. The first kappa shape index (κ1) is 13.8. The molecule has 1 N–H and O–H groups in total. The van der Waals surface area contributed by atoms with E-state index in [4.69, 9.17) is 0 Å². The molecule has 0 aliphatic carbocycles. The highest BCUT2D eigenvalue weighted by Gasteiger charge is 2.07. The molecule has 1 amide bonds. The summed E-state index contributed by atoms with van der Waals surface area (Å²) >= 11 is 3.44. The summed E-state index contributed by atoms with van der Waals surface area (Å²) in [5.74, 6) is -0.132. The summed E-state index contributed by atoms with van der Waals surface area (Å²) in [6.45, 7) is 1.94. The van der Waals surface area contributed by atoms with Crippen LogP contribution in [0.4, 0.5) is 5.69 Å². The van der Waals surface area contributed by atoms with Gasteiger partial charge in [0.05, 0.1) is 11.9 Å². The van der Waals surface area contributed by atoms with Crippen molar-refractivity contribution >= 4 is 38.3 Å². The van der Waals surface area contributed by atoms with Gasteiger partial charge in [-0.05, 0) is 53.6 Å². The number of carbonyl (C=O) groups is 1. The number of nitrogens with one attached hydrogen (secondary N) is 1. The topological polar surface area (TPSA) is 42.0 Å². The van der Waals surface area contributed by atoms with E-state index < -0.39 is 0 Å². The summed E-state index contributed by atoms with van der Waals surface area (Å²) < 4.78 is 1.03. The molecule has 21 heavy (non-hydrogen) atoms. The molecule has 2 aromatic carbocycles. The van der Waals surface area contributed by atoms with Crippen molar-refractivity contribution in [3.05, 3.63) is 70.5 Å². The Labute approximate surface area is 131 Å². The van der Waals surface area contributed by atoms with Gasteiger partial charge in [0.2, 0.25) is 0 Å². The Bertz CT molecular complexity index is 830. The smallest absolute Gasteiger partial charge is 0.255 e. The highest BCUT2D eigenvalue weighted by Crippen LogP contribution is 2.21. The summed E-state index contributed by atoms with van der Waals surface area (Å²) in [5, 5.41) is 5.00. The number of carbonyl (C=O) groups excluding carboxylic acids is 1. The Kier molecular flexibility index (Phi) is 3.71. The summed E-state index contributed by atoms with van der Waals surface area (Å²) in [6, 6.07) is 13.5. The Morgan fingerprint density at radius 3 is 2.62 bits per heavy atom. The predicted molar refractivity (Wildman–Crippen MR) is 88.6 cm³/mol. The van der Waals surface area contributed by atoms with Crippen molar-refractivity contribution < 1.29 is 4.79 Å². The van der Waals surface area contributed by atoms with E-state index in [9.17, 15) is 4.79 Å². The first-order valence-corrected chi connectivity index (χ1v) is 7.33. The summed E-state index contributed by atoms with van der Waals surface area (Å²) in [6.07, 6.45) is 3.40. The Hall–Kier alpha value is -2.20. The fourth-order valence-corrected chi connectivity index (χ4v) is 2.56. The SMILES string of the molecule is Cc1cncc(NC(=O)c2ccc3cc(Br)ccc3c2)c1. The van der Waals surface area contributed by atoms with Crippen molar-refractivity contribution in [3.63, 3.8) is 0 Å². The molecule has 0 spiro atoms. The highest BCUT2D eigenvalue weighted by molar-refractivity contribution is 9.10. The molecule has 0 bridgehead atoms. The Balaban J connectivity index is 1.89. The third-order valence-electron chi connectivity index (χ3n) is 3.20. The van der Waals surface area contributed by atoms with E-state index in [1.165, 1.54) is 0 Å². The predicted octanol–water partition coefficient (Wildman–Crippen LogP) is 4.56. The zero-order valence-corrected chi connectivity index (χ0v) is 13.0. The van der Waals surface area contributed by atoms with Gasteiger partial charge in [0.1, 0.15) is 0 Å². The van der Waals surface area contributed by atoms with Crippen molar-refractivity contribution in [1.82, 2.24) is 4.98 Å². The third-order valence-corrected chi connectivity index (χ3v) is 3.69. The lowest BCUT2D eigenvalue weighted by atomic mass is 10.1. The van der Waals surface area contributed by atoms with Crippen LogP contribution in [0.15, 0.2) is 59.3 Å². The van der Waals surface area contributed by atoms with Gasteiger partial charge in [-0.2, -0.15) is 0 Å². The molecule has 0 saturated carbocycles. The summed E-state index contributed by atoms with van der Waals surface area (Å²) in [7, 11) is 0. The van der Waals surface area contributed by atoms with Crippen LogP contribution in [0.25, 0.3) is 10.8 Å². The van der Waals surface area contributed by atoms with Crippen LogP contribution in [-0.2, 0) is 0 Å². The van der Waals surface area contributed by atoms with Crippen LogP contribution in [-0.4, -0.2) is 10.9 Å². The quantitative estimate of drug-likeness (QED) is 0.743. The van der Waals surface area contributed by atoms with Crippen molar-refractivity contribution in [2.75, 3.05) is 5.32 Å². The van der Waals surface area contributed by atoms with Gasteiger partial charge in [-0.15, -0.1) is 0 Å². The van der Waals surface area contributed by atoms with Crippen molar-refractivity contribution in [1.29, 1.82) is 0 Å². The van der Waals surface area contributed by atoms with Gasteiger partial charge in [-0.3, -0.25) is 9.78 Å². The van der Waals surface area contributed by atoms with Crippen LogP contribution in [0.3, 0.4) is 0 Å². The first-order valence-electron chi connectivity index (χ1n) is 6.54. The number of aromatic nitrogens is 1. The molecular formula is C17H13BrN2O. The van der Waals surface area contributed by atoms with Gasteiger partial charge < -0.3 is 5.32 Å². The van der Waals surface area contributed by atoms with Crippen molar-refractivity contribution in [2.24, 2.45) is 0 Å². The molecular weight excluding hydrogens is 328 g/mol. The number of hydrogen-bond acceptors (Lipinski definition) is 2. The van der Waals surface area contributed by atoms with E-state index in [-0.39, 0.29) is 5.91 Å². The molecule has 104 valence electrons. The zero-order chi connectivity index (χ0) is 14.8. The van der Waals surface area contributed by atoms with E-state index in [1.54, 1.807) is 12.4 Å². The largest absolute Gasteiger partial charge is 0.321 e. The molecule has 0 radical (unpaired) electrons. The second-order valence-electron chi connectivity index (χ2n) is 4.91. The lowest BCUT2D eigenvalue weighted by Gasteiger charge is -2.07. The number of nitrogens with zero attached hydrogens (tertiary/aromatic N) is 1. The van der Waals surface area contributed by atoms with Crippen LogP contribution in [0.5, 0.6) is 0 Å². The molecule has 3 aromatic rings. The molecule has 0 unspecified atom stereocenters. The van der Waals surface area contributed by atoms with Gasteiger partial charge in [0.15, 0.2) is 0 Å². The molecule has 3 rings (SSSR count). The fourth-order valence-electron chi connectivity index (χ4n) is 2.18. The molecule has 0 fully saturated rings. The minimum Gasteiger partial charge on any atom is -0.321 e. The average molecular weight is 341 g/mol. The van der Waals surface area contributed by atoms with Gasteiger partial charge in [-0.1, -0.05) is 28.1 Å². The van der Waals surface area contributed by atoms with Crippen LogP contribution < -0.4 is 5.32 Å². The summed E-state index contributed by atoms with van der Waals surface area (Å²) in [5.41, 5.74) is 2.35. The van der Waals surface area contributed by atoms with E-state index in [0.29, 0.717) is 11.3 Å². The van der Waals surface area contributed by atoms with E-state index in [1.807, 2.05) is 49.4 Å². The number of halogens is 1. The Morgan fingerprint density at radius 1 is 1.05 bits per heavy atom. The number of aryl methyl sites for hydroxylation is 1. The number of hydrogen-bond donors (Lipinski definition) is 1. The van der Waals surface area contributed by atoms with Crippen LogP contribution in [0.2, 0.25) is 0 Å². The lowest BCUT2D eigenvalue weighted by molar-refractivity contribution is 0.102. The van der Waals surface area contributed by atoms with Gasteiger partial charge >= 0.3 is 0 Å². The van der Waals surface area contributed by atoms with Gasteiger partial charge in [0, 0.05) is 16.2 Å². The number of anilines is 1. The van der Waals surface area contributed by atoms with Crippen LogP contribution in [0.1, 0.15) is 15.9 Å². The minimum atomic E-state index is -0.132. The van der Waals surface area contributed by atoms with Crippen molar-refractivity contribution in [3.8, 4) is 0 Å². The number of rotatable bonds is 2. The molecule has 0 atom stereocenters. The van der Waals surface area contributed by atoms with E-state index >= 15 is 0 Å². The number of amides is 1. The molecule has 1 aromatic heterocycles. The third kappa shape index (κ3) is 3.11. The molecule has 0 saturated heterocycles. The molecule has 4 heteroatoms. The standard InChI is InChI=1S/C17H13BrN2O/c1-11-6-16(10-19-9-11)20-17(21)14-3-2-13-8-15(18)5-4-12(13)7-14/h2-10H,1H3,(H,20,21). The fraction of sp³-hybridized carbons (Fsp3) is 0.0588. The zero-order valence-electron chi connectivity index (χ0n) is 11.4. The number of benzene rings is 2. The lowest BCUT2D eigenvalue weighted by Crippen LogP contribution is -2.12. The molecule has 1 heterocycles. The number of fused-ring (bicyclic) bond motifs is 1. The van der Waals surface area contributed by atoms with E-state index in [0.717, 1.165) is 20.8 Å². The molecule has 0 aliphatic rings. The van der Waals surface area contributed by atoms with Crippen LogP contribution >= 0.6 is 15.9 Å². The maximum Gasteiger partial charge on any atom is 0.255 e.